The van der Waals surface area contributed by atoms with Gasteiger partial charge >= 0.3 is 5.97 Å². The molecule has 0 aliphatic carbocycles. The van der Waals surface area contributed by atoms with Crippen LogP contribution in [0.2, 0.25) is 0 Å². The summed E-state index contributed by atoms with van der Waals surface area (Å²) in [6.45, 7) is 3.28. The number of H-pyrrole nitrogens is 1. The average molecular weight is 195 g/mol. The number of nitrogens with zero attached hydrogens (tertiary/aromatic N) is 2. The van der Waals surface area contributed by atoms with Crippen molar-refractivity contribution in [1.29, 1.82) is 0 Å². The molecule has 2 rings (SSSR count). The third kappa shape index (κ3) is 1.57. The molecule has 2 N–H and O–H groups in total. The number of rotatable bonds is 2. The highest BCUT2D eigenvalue weighted by Gasteiger charge is 2.28. The minimum atomic E-state index is -0.709. The van der Waals surface area contributed by atoms with Crippen LogP contribution in [-0.2, 0) is 4.79 Å². The summed E-state index contributed by atoms with van der Waals surface area (Å²) in [6, 6.07) is 1.93. The summed E-state index contributed by atoms with van der Waals surface area (Å²) in [5.74, 6) is -0.0991. The molecule has 5 heteroatoms. The number of aliphatic carboxylic acids is 1. The average Bonchev–Trinajstić information content (AvgIpc) is 2.70. The predicted octanol–water partition coefficient (Wildman–Crippen LogP) is 0.629. The number of aryl methyl sites for hydroxylation is 1. The second kappa shape index (κ2) is 3.32. The smallest absolute Gasteiger partial charge is 0.308 e. The number of aromatic nitrogens is 2. The van der Waals surface area contributed by atoms with E-state index in [9.17, 15) is 4.79 Å². The van der Waals surface area contributed by atoms with Crippen LogP contribution >= 0.6 is 0 Å². The van der Waals surface area contributed by atoms with Crippen molar-refractivity contribution in [3.05, 3.63) is 11.8 Å². The van der Waals surface area contributed by atoms with Crippen LogP contribution in [0.1, 0.15) is 12.1 Å². The van der Waals surface area contributed by atoms with Crippen molar-refractivity contribution in [3.8, 4) is 0 Å². The fourth-order valence-electron chi connectivity index (χ4n) is 1.74. The number of carboxylic acid groups (broad SMARTS) is 1. The fraction of sp³-hybridized carbons (Fsp3) is 0.556. The van der Waals surface area contributed by atoms with E-state index >= 15 is 0 Å². The van der Waals surface area contributed by atoms with E-state index in [-0.39, 0.29) is 5.92 Å². The van der Waals surface area contributed by atoms with Gasteiger partial charge in [-0.1, -0.05) is 0 Å². The maximum absolute atomic E-state index is 10.7. The van der Waals surface area contributed by atoms with Crippen LogP contribution in [0.4, 0.5) is 5.82 Å². The first-order valence-corrected chi connectivity index (χ1v) is 4.66. The van der Waals surface area contributed by atoms with Gasteiger partial charge in [-0.15, -0.1) is 0 Å². The molecule has 0 spiro atoms. The molecule has 1 unspecified atom stereocenters. The van der Waals surface area contributed by atoms with Gasteiger partial charge < -0.3 is 10.0 Å². The monoisotopic (exact) mass is 195 g/mol. The Morgan fingerprint density at radius 3 is 3.07 bits per heavy atom. The summed E-state index contributed by atoms with van der Waals surface area (Å²) in [6.07, 6.45) is 0.710. The molecule has 0 radical (unpaired) electrons. The summed E-state index contributed by atoms with van der Waals surface area (Å²) < 4.78 is 0. The van der Waals surface area contributed by atoms with Crippen molar-refractivity contribution in [2.45, 2.75) is 13.3 Å². The van der Waals surface area contributed by atoms with Gasteiger partial charge in [0.05, 0.1) is 5.92 Å². The van der Waals surface area contributed by atoms with E-state index in [1.54, 1.807) is 0 Å². The van der Waals surface area contributed by atoms with Crippen LogP contribution in [0.25, 0.3) is 0 Å². The summed E-state index contributed by atoms with van der Waals surface area (Å²) in [7, 11) is 0. The Hall–Kier alpha value is -1.52. The third-order valence-corrected chi connectivity index (χ3v) is 2.55. The Morgan fingerprint density at radius 1 is 1.79 bits per heavy atom. The van der Waals surface area contributed by atoms with Crippen LogP contribution in [0, 0.1) is 12.8 Å². The molecule has 2 heterocycles. The van der Waals surface area contributed by atoms with Crippen molar-refractivity contribution in [3.63, 3.8) is 0 Å². The molecular weight excluding hydrogens is 182 g/mol. The normalized spacial score (nSPS) is 21.5. The van der Waals surface area contributed by atoms with Gasteiger partial charge in [0.25, 0.3) is 0 Å². The van der Waals surface area contributed by atoms with Crippen LogP contribution in [-0.4, -0.2) is 34.4 Å². The van der Waals surface area contributed by atoms with Crippen LogP contribution < -0.4 is 4.90 Å². The largest absolute Gasteiger partial charge is 0.481 e. The first kappa shape index (κ1) is 9.05. The molecule has 1 aromatic heterocycles. The van der Waals surface area contributed by atoms with Crippen molar-refractivity contribution < 1.29 is 9.90 Å². The second-order valence-electron chi connectivity index (χ2n) is 3.68. The van der Waals surface area contributed by atoms with Gasteiger partial charge in [-0.05, 0) is 13.3 Å². The minimum absolute atomic E-state index is 0.244. The molecule has 14 heavy (non-hydrogen) atoms. The lowest BCUT2D eigenvalue weighted by Gasteiger charge is -2.13. The Bertz CT molecular complexity index is 348. The Balaban J connectivity index is 2.05. The van der Waals surface area contributed by atoms with Gasteiger partial charge in [-0.3, -0.25) is 9.89 Å². The van der Waals surface area contributed by atoms with Gasteiger partial charge in [0.15, 0.2) is 5.82 Å². The van der Waals surface area contributed by atoms with Crippen molar-refractivity contribution in [2.24, 2.45) is 5.92 Å². The van der Waals surface area contributed by atoms with Crippen LogP contribution in [0.3, 0.4) is 0 Å². The maximum atomic E-state index is 10.7. The molecule has 1 aliphatic rings. The van der Waals surface area contributed by atoms with E-state index in [2.05, 4.69) is 10.2 Å². The van der Waals surface area contributed by atoms with Crippen LogP contribution in [0.15, 0.2) is 6.07 Å². The minimum Gasteiger partial charge on any atom is -0.481 e. The zero-order valence-corrected chi connectivity index (χ0v) is 8.03. The van der Waals surface area contributed by atoms with Gasteiger partial charge in [0, 0.05) is 24.8 Å². The summed E-state index contributed by atoms with van der Waals surface area (Å²) >= 11 is 0. The maximum Gasteiger partial charge on any atom is 0.308 e. The quantitative estimate of drug-likeness (QED) is 0.726. The molecule has 1 saturated heterocycles. The van der Waals surface area contributed by atoms with Crippen molar-refractivity contribution >= 4 is 11.8 Å². The third-order valence-electron chi connectivity index (χ3n) is 2.55. The van der Waals surface area contributed by atoms with E-state index in [1.165, 1.54) is 0 Å². The van der Waals surface area contributed by atoms with E-state index in [1.807, 2.05) is 17.9 Å². The number of aromatic amines is 1. The highest BCUT2D eigenvalue weighted by molar-refractivity contribution is 5.71. The molecule has 76 valence electrons. The number of hydrogen-bond donors (Lipinski definition) is 2. The summed E-state index contributed by atoms with van der Waals surface area (Å²) in [4.78, 5) is 12.7. The second-order valence-corrected chi connectivity index (χ2v) is 3.68. The number of nitrogens with one attached hydrogen (secondary N) is 1. The molecule has 1 atom stereocenters. The molecule has 0 bridgehead atoms. The zero-order chi connectivity index (χ0) is 10.1. The molecule has 0 amide bonds. The van der Waals surface area contributed by atoms with Gasteiger partial charge in [0.1, 0.15) is 0 Å². The SMILES string of the molecule is Cc1cc(N2CCC(C(=O)O)C2)n[nH]1. The van der Waals surface area contributed by atoms with E-state index in [0.717, 1.165) is 18.1 Å². The fourth-order valence-corrected chi connectivity index (χ4v) is 1.74. The summed E-state index contributed by atoms with van der Waals surface area (Å²) in [5, 5.41) is 15.8. The number of carbonyl (C=O) groups is 1. The summed E-state index contributed by atoms with van der Waals surface area (Å²) in [5.41, 5.74) is 0.999. The molecule has 1 aliphatic heterocycles. The lowest BCUT2D eigenvalue weighted by Crippen LogP contribution is -2.22. The van der Waals surface area contributed by atoms with E-state index in [4.69, 9.17) is 5.11 Å². The van der Waals surface area contributed by atoms with Gasteiger partial charge in [0.2, 0.25) is 0 Å². The Morgan fingerprint density at radius 2 is 2.57 bits per heavy atom. The lowest BCUT2D eigenvalue weighted by molar-refractivity contribution is -0.140. The lowest BCUT2D eigenvalue weighted by atomic mass is 10.1. The topological polar surface area (TPSA) is 69.2 Å². The Kier molecular flexibility index (Phi) is 2.15. The standard InChI is InChI=1S/C9H13N3O2/c1-6-4-8(11-10-6)12-3-2-7(5-12)9(13)14/h4,7H,2-3,5H2,1H3,(H,10,11)(H,13,14). The number of hydrogen-bond acceptors (Lipinski definition) is 3. The van der Waals surface area contributed by atoms with E-state index in [0.29, 0.717) is 13.0 Å². The molecule has 5 nitrogen and oxygen atoms in total. The highest BCUT2D eigenvalue weighted by Crippen LogP contribution is 2.22. The molecule has 1 fully saturated rings. The first-order chi connectivity index (χ1) is 6.66. The number of carboxylic acids is 1. The molecule has 1 aromatic rings. The van der Waals surface area contributed by atoms with Gasteiger partial charge in [-0.2, -0.15) is 5.10 Å². The predicted molar refractivity (Wildman–Crippen MR) is 51.3 cm³/mol. The molecule has 0 aromatic carbocycles. The molecule has 0 saturated carbocycles. The van der Waals surface area contributed by atoms with E-state index < -0.39 is 5.97 Å². The Labute approximate surface area is 81.7 Å². The van der Waals surface area contributed by atoms with Crippen molar-refractivity contribution in [1.82, 2.24) is 10.2 Å². The highest BCUT2D eigenvalue weighted by atomic mass is 16.4. The van der Waals surface area contributed by atoms with Gasteiger partial charge in [-0.25, -0.2) is 0 Å². The van der Waals surface area contributed by atoms with Crippen LogP contribution in [0.5, 0.6) is 0 Å². The number of anilines is 1. The first-order valence-electron chi connectivity index (χ1n) is 4.66. The molecular formula is C9H13N3O2. The zero-order valence-electron chi connectivity index (χ0n) is 8.03. The van der Waals surface area contributed by atoms with Crippen molar-refractivity contribution in [2.75, 3.05) is 18.0 Å².